The van der Waals surface area contributed by atoms with E-state index in [0.29, 0.717) is 25.6 Å². The van der Waals surface area contributed by atoms with Gasteiger partial charge in [-0.3, -0.25) is 4.79 Å². The molecule has 2 aliphatic heterocycles. The molecule has 0 saturated carbocycles. The molecular formula is C25H34IN5O. The van der Waals surface area contributed by atoms with Crippen molar-refractivity contribution in [2.75, 3.05) is 31.1 Å². The van der Waals surface area contributed by atoms with Crippen LogP contribution in [0.1, 0.15) is 37.3 Å². The van der Waals surface area contributed by atoms with Gasteiger partial charge in [-0.2, -0.15) is 0 Å². The van der Waals surface area contributed by atoms with Gasteiger partial charge in [-0.25, -0.2) is 4.99 Å². The topological polar surface area (TPSA) is 60.0 Å². The summed E-state index contributed by atoms with van der Waals surface area (Å²) in [5.74, 6) is 1.14. The number of benzene rings is 2. The van der Waals surface area contributed by atoms with Crippen molar-refractivity contribution in [2.45, 2.75) is 45.3 Å². The number of hydrogen-bond donors (Lipinski definition) is 2. The second-order valence-electron chi connectivity index (χ2n) is 8.34. The van der Waals surface area contributed by atoms with Crippen LogP contribution in [0.2, 0.25) is 0 Å². The summed E-state index contributed by atoms with van der Waals surface area (Å²) in [6.07, 6.45) is 2.77. The summed E-state index contributed by atoms with van der Waals surface area (Å²) in [5.41, 5.74) is 3.63. The Morgan fingerprint density at radius 2 is 1.81 bits per heavy atom. The summed E-state index contributed by atoms with van der Waals surface area (Å²) in [4.78, 5) is 21.0. The van der Waals surface area contributed by atoms with Gasteiger partial charge in [-0.05, 0) is 43.0 Å². The first-order chi connectivity index (χ1) is 15.2. The predicted molar refractivity (Wildman–Crippen MR) is 142 cm³/mol. The lowest BCUT2D eigenvalue weighted by Gasteiger charge is -2.20. The molecule has 2 fully saturated rings. The lowest BCUT2D eigenvalue weighted by atomic mass is 10.1. The van der Waals surface area contributed by atoms with Crippen LogP contribution >= 0.6 is 24.0 Å². The molecule has 0 aliphatic carbocycles. The van der Waals surface area contributed by atoms with Crippen molar-refractivity contribution < 1.29 is 4.79 Å². The van der Waals surface area contributed by atoms with Crippen LogP contribution in [-0.2, 0) is 17.9 Å². The van der Waals surface area contributed by atoms with Crippen LogP contribution in [-0.4, -0.2) is 49.0 Å². The van der Waals surface area contributed by atoms with E-state index in [1.165, 1.54) is 16.8 Å². The Kier molecular flexibility index (Phi) is 9.20. The number of hydrogen-bond acceptors (Lipinski definition) is 3. The molecule has 2 saturated heterocycles. The van der Waals surface area contributed by atoms with Gasteiger partial charge < -0.3 is 20.4 Å². The zero-order valence-electron chi connectivity index (χ0n) is 18.8. The van der Waals surface area contributed by atoms with Crippen LogP contribution in [0.4, 0.5) is 5.69 Å². The minimum atomic E-state index is 0. The third-order valence-corrected chi connectivity index (χ3v) is 5.98. The first-order valence-electron chi connectivity index (χ1n) is 11.4. The average Bonchev–Trinajstić information content (AvgIpc) is 3.43. The van der Waals surface area contributed by atoms with Crippen LogP contribution in [0.5, 0.6) is 0 Å². The Balaban J connectivity index is 0.00000289. The fourth-order valence-electron chi connectivity index (χ4n) is 4.28. The number of likely N-dealkylation sites (tertiary alicyclic amines) is 1. The molecule has 4 rings (SSSR count). The number of para-hydroxylation sites is 1. The molecule has 172 valence electrons. The Bertz CT molecular complexity index is 887. The molecule has 2 N–H and O–H groups in total. The highest BCUT2D eigenvalue weighted by Crippen LogP contribution is 2.20. The monoisotopic (exact) mass is 547 g/mol. The highest BCUT2D eigenvalue weighted by Gasteiger charge is 2.23. The van der Waals surface area contributed by atoms with Gasteiger partial charge in [0, 0.05) is 50.9 Å². The van der Waals surface area contributed by atoms with E-state index in [-0.39, 0.29) is 29.9 Å². The molecule has 6 nitrogen and oxygen atoms in total. The zero-order valence-corrected chi connectivity index (χ0v) is 21.1. The smallest absolute Gasteiger partial charge is 0.222 e. The standard InChI is InChI=1S/C25H33N5O.HI/c1-2-26-25(28-22-14-16-29(19-22)23-7-4-3-5-8-23)27-17-20-10-12-21(13-11-20)18-30-15-6-9-24(30)31;/h3-5,7-8,10-13,22H,2,6,9,14-19H2,1H3,(H2,26,27,28);1H. The molecule has 2 aromatic rings. The molecule has 2 heterocycles. The van der Waals surface area contributed by atoms with Gasteiger partial charge in [-0.1, -0.05) is 42.5 Å². The van der Waals surface area contributed by atoms with E-state index in [4.69, 9.17) is 4.99 Å². The van der Waals surface area contributed by atoms with Crippen molar-refractivity contribution in [1.82, 2.24) is 15.5 Å². The Hall–Kier alpha value is -2.29. The quantitative estimate of drug-likeness (QED) is 0.315. The van der Waals surface area contributed by atoms with E-state index in [9.17, 15) is 4.79 Å². The number of carbonyl (C=O) groups excluding carboxylic acids is 1. The Morgan fingerprint density at radius 1 is 1.06 bits per heavy atom. The predicted octanol–water partition coefficient (Wildman–Crippen LogP) is 3.76. The van der Waals surface area contributed by atoms with Crippen LogP contribution in [0.15, 0.2) is 59.6 Å². The molecule has 0 bridgehead atoms. The van der Waals surface area contributed by atoms with Crippen molar-refractivity contribution in [3.8, 4) is 0 Å². The first-order valence-corrected chi connectivity index (χ1v) is 11.4. The maximum atomic E-state index is 11.8. The second kappa shape index (κ2) is 12.1. The second-order valence-corrected chi connectivity index (χ2v) is 8.34. The molecule has 0 spiro atoms. The van der Waals surface area contributed by atoms with Gasteiger partial charge in [0.25, 0.3) is 0 Å². The number of anilines is 1. The van der Waals surface area contributed by atoms with E-state index in [2.05, 4.69) is 77.1 Å². The van der Waals surface area contributed by atoms with Crippen LogP contribution in [0.3, 0.4) is 0 Å². The Labute approximate surface area is 208 Å². The van der Waals surface area contributed by atoms with Crippen molar-refractivity contribution in [3.05, 3.63) is 65.7 Å². The van der Waals surface area contributed by atoms with Crippen molar-refractivity contribution in [3.63, 3.8) is 0 Å². The van der Waals surface area contributed by atoms with Crippen LogP contribution in [0.25, 0.3) is 0 Å². The zero-order chi connectivity index (χ0) is 21.5. The number of guanidine groups is 1. The Morgan fingerprint density at radius 3 is 2.50 bits per heavy atom. The summed E-state index contributed by atoms with van der Waals surface area (Å²) in [7, 11) is 0. The number of nitrogens with zero attached hydrogens (tertiary/aromatic N) is 3. The third kappa shape index (κ3) is 6.60. The number of carbonyl (C=O) groups is 1. The average molecular weight is 547 g/mol. The molecule has 2 aliphatic rings. The lowest BCUT2D eigenvalue weighted by Crippen LogP contribution is -2.44. The summed E-state index contributed by atoms with van der Waals surface area (Å²) in [6.45, 7) is 7.20. The van der Waals surface area contributed by atoms with E-state index >= 15 is 0 Å². The van der Waals surface area contributed by atoms with Gasteiger partial charge in [0.1, 0.15) is 0 Å². The van der Waals surface area contributed by atoms with Gasteiger partial charge in [-0.15, -0.1) is 24.0 Å². The first kappa shape index (κ1) is 24.4. The maximum Gasteiger partial charge on any atom is 0.222 e. The largest absolute Gasteiger partial charge is 0.369 e. The van der Waals surface area contributed by atoms with Gasteiger partial charge in [0.05, 0.1) is 6.54 Å². The number of nitrogens with one attached hydrogen (secondary N) is 2. The maximum absolute atomic E-state index is 11.8. The van der Waals surface area contributed by atoms with Crippen molar-refractivity contribution in [2.24, 2.45) is 4.99 Å². The fraction of sp³-hybridized carbons (Fsp3) is 0.440. The normalized spacial score (nSPS) is 18.6. The summed E-state index contributed by atoms with van der Waals surface area (Å²) >= 11 is 0. The number of rotatable bonds is 7. The minimum absolute atomic E-state index is 0. The summed E-state index contributed by atoms with van der Waals surface area (Å²) < 4.78 is 0. The fourth-order valence-corrected chi connectivity index (χ4v) is 4.28. The molecule has 1 unspecified atom stereocenters. The molecule has 0 aromatic heterocycles. The molecule has 1 atom stereocenters. The molecular weight excluding hydrogens is 513 g/mol. The van der Waals surface area contributed by atoms with E-state index in [1.807, 2.05) is 4.90 Å². The van der Waals surface area contributed by atoms with Crippen molar-refractivity contribution in [1.29, 1.82) is 0 Å². The minimum Gasteiger partial charge on any atom is -0.369 e. The van der Waals surface area contributed by atoms with Gasteiger partial charge in [0.15, 0.2) is 5.96 Å². The van der Waals surface area contributed by atoms with E-state index < -0.39 is 0 Å². The highest BCUT2D eigenvalue weighted by molar-refractivity contribution is 14.0. The van der Waals surface area contributed by atoms with Crippen LogP contribution < -0.4 is 15.5 Å². The van der Waals surface area contributed by atoms with E-state index in [1.54, 1.807) is 0 Å². The molecule has 1 amide bonds. The lowest BCUT2D eigenvalue weighted by molar-refractivity contribution is -0.128. The van der Waals surface area contributed by atoms with Gasteiger partial charge >= 0.3 is 0 Å². The molecule has 32 heavy (non-hydrogen) atoms. The summed E-state index contributed by atoms with van der Waals surface area (Å²) in [6, 6.07) is 19.5. The summed E-state index contributed by atoms with van der Waals surface area (Å²) in [5, 5.41) is 6.98. The highest BCUT2D eigenvalue weighted by atomic mass is 127. The molecule has 2 aromatic carbocycles. The van der Waals surface area contributed by atoms with Crippen LogP contribution in [0, 0.1) is 0 Å². The molecule has 0 radical (unpaired) electrons. The van der Waals surface area contributed by atoms with E-state index in [0.717, 1.165) is 45.0 Å². The molecule has 7 heteroatoms. The van der Waals surface area contributed by atoms with Crippen molar-refractivity contribution >= 4 is 41.5 Å². The third-order valence-electron chi connectivity index (χ3n) is 5.98. The number of amides is 1. The number of aliphatic imine (C=N–C) groups is 1. The number of halogens is 1. The van der Waals surface area contributed by atoms with Gasteiger partial charge in [0.2, 0.25) is 5.91 Å². The SMILES string of the molecule is CCNC(=NCc1ccc(CN2CCCC2=O)cc1)NC1CCN(c2ccccc2)C1.I.